The average Bonchev–Trinajstić information content (AvgIpc) is 2.10. The zero-order valence-electron chi connectivity index (χ0n) is 10.9. The van der Waals surface area contributed by atoms with Crippen molar-refractivity contribution < 1.29 is 4.79 Å². The Morgan fingerprint density at radius 2 is 1.60 bits per heavy atom. The van der Waals surface area contributed by atoms with Crippen molar-refractivity contribution in [1.82, 2.24) is 5.32 Å². The first-order valence-corrected chi connectivity index (χ1v) is 5.83. The molecule has 0 radical (unpaired) electrons. The van der Waals surface area contributed by atoms with E-state index >= 15 is 0 Å². The Morgan fingerprint density at radius 3 is 1.93 bits per heavy atom. The number of carbonyl (C=O) groups is 1. The van der Waals surface area contributed by atoms with E-state index in [-0.39, 0.29) is 11.7 Å². The fraction of sp³-hybridized carbons (Fsp3) is 0.769. The molecule has 1 N–H and O–H groups in total. The normalized spacial score (nSPS) is 12.7. The summed E-state index contributed by atoms with van der Waals surface area (Å²) >= 11 is 0. The van der Waals surface area contributed by atoms with Gasteiger partial charge < -0.3 is 5.32 Å². The van der Waals surface area contributed by atoms with E-state index in [1.165, 1.54) is 0 Å². The molecule has 0 aromatic heterocycles. The van der Waals surface area contributed by atoms with E-state index < -0.39 is 0 Å². The zero-order chi connectivity index (χ0) is 12.0. The molecule has 2 heteroatoms. The molecule has 88 valence electrons. The molecule has 0 fully saturated rings. The van der Waals surface area contributed by atoms with Crippen LogP contribution in [0.2, 0.25) is 0 Å². The minimum absolute atomic E-state index is 0.0830. The van der Waals surface area contributed by atoms with Gasteiger partial charge in [-0.15, -0.1) is 0 Å². The van der Waals surface area contributed by atoms with Crippen LogP contribution in [0.3, 0.4) is 0 Å². The van der Waals surface area contributed by atoms with Crippen LogP contribution < -0.4 is 5.32 Å². The van der Waals surface area contributed by atoms with Gasteiger partial charge in [0.05, 0.1) is 0 Å². The second kappa shape index (κ2) is 6.65. The molecule has 0 atom stereocenters. The number of ketones is 1. The predicted octanol–water partition coefficient (Wildman–Crippen LogP) is 3.00. The maximum Gasteiger partial charge on any atom is 0.159 e. The first kappa shape index (κ1) is 14.2. The first-order valence-electron chi connectivity index (χ1n) is 5.83. The van der Waals surface area contributed by atoms with Crippen molar-refractivity contribution in [3.63, 3.8) is 0 Å². The van der Waals surface area contributed by atoms with Crippen LogP contribution in [0.5, 0.6) is 0 Å². The molecule has 2 nitrogen and oxygen atoms in total. The Bertz CT molecular complexity index is 227. The van der Waals surface area contributed by atoms with Gasteiger partial charge in [0, 0.05) is 24.2 Å². The summed E-state index contributed by atoms with van der Waals surface area (Å²) in [4.78, 5) is 11.6. The molecule has 15 heavy (non-hydrogen) atoms. The van der Waals surface area contributed by atoms with Crippen LogP contribution in [0.4, 0.5) is 0 Å². The summed E-state index contributed by atoms with van der Waals surface area (Å²) in [7, 11) is 0. The summed E-state index contributed by atoms with van der Waals surface area (Å²) in [6.07, 6.45) is 1.76. The second-order valence-electron chi connectivity index (χ2n) is 5.09. The number of hydrogen-bond donors (Lipinski definition) is 1. The highest BCUT2D eigenvalue weighted by Crippen LogP contribution is 2.09. The van der Waals surface area contributed by atoms with E-state index in [2.05, 4.69) is 33.0 Å². The standard InChI is InChI=1S/C13H25NO/c1-9(2)8-14-12(10(3)4)7-13(15)11(5)6/h7,9-11,14H,8H2,1-6H3. The molecule has 0 aliphatic heterocycles. The first-order chi connectivity index (χ1) is 6.84. The quantitative estimate of drug-likeness (QED) is 0.684. The van der Waals surface area contributed by atoms with Gasteiger partial charge in [-0.25, -0.2) is 0 Å². The predicted molar refractivity (Wildman–Crippen MR) is 65.6 cm³/mol. The molecule has 0 saturated carbocycles. The van der Waals surface area contributed by atoms with Crippen LogP contribution in [-0.2, 0) is 4.79 Å². The average molecular weight is 211 g/mol. The molecule has 0 aliphatic rings. The van der Waals surface area contributed by atoms with Gasteiger partial charge in [0.25, 0.3) is 0 Å². The maximum absolute atomic E-state index is 11.6. The molecule has 0 rings (SSSR count). The van der Waals surface area contributed by atoms with Crippen molar-refractivity contribution in [1.29, 1.82) is 0 Å². The molecule has 0 amide bonds. The van der Waals surface area contributed by atoms with Gasteiger partial charge in [-0.1, -0.05) is 41.5 Å². The summed E-state index contributed by atoms with van der Waals surface area (Å²) < 4.78 is 0. The summed E-state index contributed by atoms with van der Waals surface area (Å²) in [5.74, 6) is 1.27. The minimum Gasteiger partial charge on any atom is -0.388 e. The van der Waals surface area contributed by atoms with Crippen LogP contribution >= 0.6 is 0 Å². The zero-order valence-corrected chi connectivity index (χ0v) is 10.9. The van der Waals surface area contributed by atoms with Gasteiger partial charge in [0.15, 0.2) is 5.78 Å². The smallest absolute Gasteiger partial charge is 0.159 e. The third-order valence-corrected chi connectivity index (χ3v) is 2.20. The van der Waals surface area contributed by atoms with Crippen molar-refractivity contribution in [3.05, 3.63) is 11.8 Å². The lowest BCUT2D eigenvalue weighted by Crippen LogP contribution is -2.23. The molecule has 0 saturated heterocycles. The van der Waals surface area contributed by atoms with E-state index in [4.69, 9.17) is 0 Å². The third-order valence-electron chi connectivity index (χ3n) is 2.20. The van der Waals surface area contributed by atoms with Crippen LogP contribution in [0.1, 0.15) is 41.5 Å². The monoisotopic (exact) mass is 211 g/mol. The number of carbonyl (C=O) groups excluding carboxylic acids is 1. The van der Waals surface area contributed by atoms with Crippen molar-refractivity contribution in [2.45, 2.75) is 41.5 Å². The molecule has 0 aliphatic carbocycles. The van der Waals surface area contributed by atoms with Gasteiger partial charge in [-0.3, -0.25) is 4.79 Å². The highest BCUT2D eigenvalue weighted by atomic mass is 16.1. The molecule has 0 heterocycles. The van der Waals surface area contributed by atoms with Gasteiger partial charge in [0.1, 0.15) is 0 Å². The molecule has 0 spiro atoms. The van der Waals surface area contributed by atoms with Crippen molar-refractivity contribution in [2.75, 3.05) is 6.54 Å². The van der Waals surface area contributed by atoms with E-state index in [9.17, 15) is 4.79 Å². The lowest BCUT2D eigenvalue weighted by molar-refractivity contribution is -0.117. The minimum atomic E-state index is 0.0830. The Kier molecular flexibility index (Phi) is 6.30. The summed E-state index contributed by atoms with van der Waals surface area (Å²) in [5.41, 5.74) is 1.06. The fourth-order valence-electron chi connectivity index (χ4n) is 1.06. The van der Waals surface area contributed by atoms with E-state index in [0.29, 0.717) is 11.8 Å². The number of rotatable bonds is 6. The van der Waals surface area contributed by atoms with Crippen LogP contribution in [-0.4, -0.2) is 12.3 Å². The Hall–Kier alpha value is -0.790. The van der Waals surface area contributed by atoms with Crippen molar-refractivity contribution in [3.8, 4) is 0 Å². The largest absolute Gasteiger partial charge is 0.388 e. The number of hydrogen-bond acceptors (Lipinski definition) is 2. The maximum atomic E-state index is 11.6. The molecule has 0 bridgehead atoms. The Balaban J connectivity index is 4.45. The summed E-state index contributed by atoms with van der Waals surface area (Å²) in [5, 5.41) is 3.34. The molecule has 0 aromatic carbocycles. The molecular formula is C13H25NO. The summed E-state index contributed by atoms with van der Waals surface area (Å²) in [6, 6.07) is 0. The van der Waals surface area contributed by atoms with E-state index in [1.54, 1.807) is 6.08 Å². The second-order valence-corrected chi connectivity index (χ2v) is 5.09. The highest BCUT2D eigenvalue weighted by Gasteiger charge is 2.09. The van der Waals surface area contributed by atoms with E-state index in [0.717, 1.165) is 12.2 Å². The fourth-order valence-corrected chi connectivity index (χ4v) is 1.06. The summed E-state index contributed by atoms with van der Waals surface area (Å²) in [6.45, 7) is 13.3. The molecule has 0 unspecified atom stereocenters. The molecule has 0 aromatic rings. The third kappa shape index (κ3) is 6.32. The SMILES string of the molecule is CC(C)CNC(=CC(=O)C(C)C)C(C)C. The van der Waals surface area contributed by atoms with Crippen molar-refractivity contribution in [2.24, 2.45) is 17.8 Å². The topological polar surface area (TPSA) is 29.1 Å². The van der Waals surface area contributed by atoms with E-state index in [1.807, 2.05) is 13.8 Å². The Morgan fingerprint density at radius 1 is 1.07 bits per heavy atom. The number of allylic oxidation sites excluding steroid dienone is 2. The van der Waals surface area contributed by atoms with Crippen LogP contribution in [0.15, 0.2) is 11.8 Å². The highest BCUT2D eigenvalue weighted by molar-refractivity contribution is 5.91. The van der Waals surface area contributed by atoms with Gasteiger partial charge in [-0.05, 0) is 11.8 Å². The molecular weight excluding hydrogens is 186 g/mol. The van der Waals surface area contributed by atoms with Gasteiger partial charge in [-0.2, -0.15) is 0 Å². The lowest BCUT2D eigenvalue weighted by Gasteiger charge is -2.16. The van der Waals surface area contributed by atoms with Crippen molar-refractivity contribution >= 4 is 5.78 Å². The van der Waals surface area contributed by atoms with Crippen LogP contribution in [0, 0.1) is 17.8 Å². The van der Waals surface area contributed by atoms with Gasteiger partial charge >= 0.3 is 0 Å². The Labute approximate surface area is 94.1 Å². The lowest BCUT2D eigenvalue weighted by atomic mass is 10.0. The van der Waals surface area contributed by atoms with Crippen LogP contribution in [0.25, 0.3) is 0 Å². The number of nitrogens with one attached hydrogen (secondary N) is 1. The van der Waals surface area contributed by atoms with Gasteiger partial charge in [0.2, 0.25) is 0 Å².